The molecule has 0 bridgehead atoms. The van der Waals surface area contributed by atoms with E-state index in [4.69, 9.17) is 4.74 Å². The first kappa shape index (κ1) is 8.81. The molecule has 4 heteroatoms. The number of carbonyl (C=O) groups excluding carboxylic acids is 1. The van der Waals surface area contributed by atoms with Crippen LogP contribution in [0.15, 0.2) is 10.7 Å². The van der Waals surface area contributed by atoms with Crippen molar-refractivity contribution in [3.63, 3.8) is 0 Å². The number of methoxy groups -OCH3 is 1. The van der Waals surface area contributed by atoms with Crippen molar-refractivity contribution in [1.29, 1.82) is 0 Å². The van der Waals surface area contributed by atoms with Crippen LogP contribution in [0.25, 0.3) is 0 Å². The zero-order chi connectivity index (χ0) is 9.42. The molecule has 0 atom stereocenters. The number of carbonyl (C=O) groups is 1. The fourth-order valence-electron chi connectivity index (χ4n) is 1.76. The Morgan fingerprint density at radius 2 is 2.46 bits per heavy atom. The number of hydrogen-bond acceptors (Lipinski definition) is 2. The average molecular weight is 244 g/mol. The predicted octanol–water partition coefficient (Wildman–Crippen LogP) is 1.98. The molecule has 0 N–H and O–H groups in total. The normalized spacial score (nSPS) is 14.3. The summed E-state index contributed by atoms with van der Waals surface area (Å²) in [6.45, 7) is 0.993. The number of fused-ring (bicyclic) bond motifs is 1. The van der Waals surface area contributed by atoms with Gasteiger partial charge in [-0.2, -0.15) is 0 Å². The van der Waals surface area contributed by atoms with Crippen molar-refractivity contribution in [2.45, 2.75) is 19.4 Å². The SMILES string of the molecule is COC(=O)c1cc(Br)n2c1CCC2. The zero-order valence-corrected chi connectivity index (χ0v) is 8.93. The third-order valence-electron chi connectivity index (χ3n) is 2.36. The van der Waals surface area contributed by atoms with Gasteiger partial charge in [0.05, 0.1) is 17.3 Å². The minimum Gasteiger partial charge on any atom is -0.465 e. The molecule has 2 rings (SSSR count). The molecule has 13 heavy (non-hydrogen) atoms. The molecule has 0 aliphatic carbocycles. The van der Waals surface area contributed by atoms with Crippen molar-refractivity contribution in [3.05, 3.63) is 21.9 Å². The molecule has 0 radical (unpaired) electrons. The largest absolute Gasteiger partial charge is 0.465 e. The quantitative estimate of drug-likeness (QED) is 0.707. The number of halogens is 1. The summed E-state index contributed by atoms with van der Waals surface area (Å²) in [6, 6.07) is 1.83. The van der Waals surface area contributed by atoms with Crippen LogP contribution in [0.5, 0.6) is 0 Å². The van der Waals surface area contributed by atoms with E-state index in [1.807, 2.05) is 6.07 Å². The summed E-state index contributed by atoms with van der Waals surface area (Å²) in [4.78, 5) is 11.3. The van der Waals surface area contributed by atoms with Crippen LogP contribution in [0.1, 0.15) is 22.5 Å². The van der Waals surface area contributed by atoms with Crippen LogP contribution >= 0.6 is 15.9 Å². The van der Waals surface area contributed by atoms with E-state index in [0.717, 1.165) is 29.7 Å². The van der Waals surface area contributed by atoms with Crippen LogP contribution in [-0.4, -0.2) is 17.6 Å². The standard InChI is InChI=1S/C9H10BrNO2/c1-13-9(12)6-5-8(10)11-4-2-3-7(6)11/h5H,2-4H2,1H3. The second kappa shape index (κ2) is 3.18. The van der Waals surface area contributed by atoms with Gasteiger partial charge in [0.1, 0.15) is 0 Å². The molecule has 0 amide bonds. The summed E-state index contributed by atoms with van der Waals surface area (Å²) in [5.74, 6) is -0.239. The maximum absolute atomic E-state index is 11.3. The lowest BCUT2D eigenvalue weighted by Gasteiger charge is -1.99. The molecule has 2 heterocycles. The molecule has 1 aliphatic rings. The van der Waals surface area contributed by atoms with Gasteiger partial charge in [-0.25, -0.2) is 4.79 Å². The highest BCUT2D eigenvalue weighted by molar-refractivity contribution is 9.10. The minimum absolute atomic E-state index is 0.239. The minimum atomic E-state index is -0.239. The molecule has 0 saturated carbocycles. The van der Waals surface area contributed by atoms with Gasteiger partial charge in [0.2, 0.25) is 0 Å². The molecule has 1 aromatic rings. The number of nitrogens with zero attached hydrogens (tertiary/aromatic N) is 1. The Kier molecular flexibility index (Phi) is 2.15. The van der Waals surface area contributed by atoms with Crippen LogP contribution in [0, 0.1) is 0 Å². The van der Waals surface area contributed by atoms with Crippen LogP contribution in [0.4, 0.5) is 0 Å². The Morgan fingerprint density at radius 3 is 3.15 bits per heavy atom. The first-order valence-corrected chi connectivity index (χ1v) is 4.99. The van der Waals surface area contributed by atoms with Gasteiger partial charge in [-0.1, -0.05) is 0 Å². The number of rotatable bonds is 1. The van der Waals surface area contributed by atoms with Gasteiger partial charge in [-0.3, -0.25) is 0 Å². The van der Waals surface area contributed by atoms with Gasteiger partial charge in [0.15, 0.2) is 0 Å². The predicted molar refractivity (Wildman–Crippen MR) is 51.8 cm³/mol. The Labute approximate surface area is 84.8 Å². The van der Waals surface area contributed by atoms with Crippen molar-refractivity contribution in [1.82, 2.24) is 4.57 Å². The molecule has 0 saturated heterocycles. The molecule has 70 valence electrons. The van der Waals surface area contributed by atoms with Gasteiger partial charge in [-0.05, 0) is 34.8 Å². The van der Waals surface area contributed by atoms with E-state index in [-0.39, 0.29) is 5.97 Å². The van der Waals surface area contributed by atoms with Gasteiger partial charge in [0, 0.05) is 12.2 Å². The molecule has 0 spiro atoms. The summed E-state index contributed by atoms with van der Waals surface area (Å²) in [6.07, 6.45) is 2.08. The summed E-state index contributed by atoms with van der Waals surface area (Å²) < 4.78 is 7.79. The van der Waals surface area contributed by atoms with E-state index < -0.39 is 0 Å². The van der Waals surface area contributed by atoms with Crippen molar-refractivity contribution in [2.75, 3.05) is 7.11 Å². The summed E-state index contributed by atoms with van der Waals surface area (Å²) in [5.41, 5.74) is 1.80. The maximum Gasteiger partial charge on any atom is 0.339 e. The average Bonchev–Trinajstić information content (AvgIpc) is 2.68. The monoisotopic (exact) mass is 243 g/mol. The zero-order valence-electron chi connectivity index (χ0n) is 7.34. The number of hydrogen-bond donors (Lipinski definition) is 0. The van der Waals surface area contributed by atoms with E-state index in [1.165, 1.54) is 7.11 Å². The lowest BCUT2D eigenvalue weighted by molar-refractivity contribution is 0.0599. The molecule has 0 unspecified atom stereocenters. The Bertz CT molecular complexity index is 357. The second-order valence-corrected chi connectivity index (χ2v) is 3.89. The van der Waals surface area contributed by atoms with Crippen molar-refractivity contribution in [3.8, 4) is 0 Å². The second-order valence-electron chi connectivity index (χ2n) is 3.07. The fourth-order valence-corrected chi connectivity index (χ4v) is 2.38. The maximum atomic E-state index is 11.3. The van der Waals surface area contributed by atoms with Gasteiger partial charge < -0.3 is 9.30 Å². The van der Waals surface area contributed by atoms with Crippen LogP contribution in [0.3, 0.4) is 0 Å². The first-order valence-electron chi connectivity index (χ1n) is 4.20. The van der Waals surface area contributed by atoms with Crippen molar-refractivity contribution in [2.24, 2.45) is 0 Å². The van der Waals surface area contributed by atoms with E-state index >= 15 is 0 Å². The van der Waals surface area contributed by atoms with Crippen LogP contribution < -0.4 is 0 Å². The molecular weight excluding hydrogens is 234 g/mol. The van der Waals surface area contributed by atoms with Crippen LogP contribution in [0.2, 0.25) is 0 Å². The lowest BCUT2D eigenvalue weighted by atomic mass is 10.2. The van der Waals surface area contributed by atoms with E-state index in [2.05, 4.69) is 20.5 Å². The number of esters is 1. The topological polar surface area (TPSA) is 31.2 Å². The number of ether oxygens (including phenoxy) is 1. The summed E-state index contributed by atoms with van der Waals surface area (Å²) in [5, 5.41) is 0. The van der Waals surface area contributed by atoms with E-state index in [1.54, 1.807) is 0 Å². The Balaban J connectivity index is 2.48. The summed E-state index contributed by atoms with van der Waals surface area (Å²) >= 11 is 3.42. The van der Waals surface area contributed by atoms with Gasteiger partial charge in [0.25, 0.3) is 0 Å². The highest BCUT2D eigenvalue weighted by atomic mass is 79.9. The molecule has 0 aromatic carbocycles. The highest BCUT2D eigenvalue weighted by Crippen LogP contribution is 2.27. The molecule has 1 aromatic heterocycles. The molecule has 3 nitrogen and oxygen atoms in total. The molecular formula is C9H10BrNO2. The third-order valence-corrected chi connectivity index (χ3v) is 3.02. The number of aromatic nitrogens is 1. The Morgan fingerprint density at radius 1 is 1.69 bits per heavy atom. The van der Waals surface area contributed by atoms with Crippen molar-refractivity contribution >= 4 is 21.9 Å². The van der Waals surface area contributed by atoms with E-state index in [0.29, 0.717) is 5.56 Å². The fraction of sp³-hybridized carbons (Fsp3) is 0.444. The van der Waals surface area contributed by atoms with Gasteiger partial charge >= 0.3 is 5.97 Å². The highest BCUT2D eigenvalue weighted by Gasteiger charge is 2.22. The Hall–Kier alpha value is -0.770. The van der Waals surface area contributed by atoms with Crippen LogP contribution in [-0.2, 0) is 17.7 Å². The first-order chi connectivity index (χ1) is 6.24. The smallest absolute Gasteiger partial charge is 0.339 e. The summed E-state index contributed by atoms with van der Waals surface area (Å²) in [7, 11) is 1.41. The lowest BCUT2D eigenvalue weighted by Crippen LogP contribution is -2.03. The van der Waals surface area contributed by atoms with E-state index in [9.17, 15) is 4.79 Å². The third kappa shape index (κ3) is 1.29. The molecule has 0 fully saturated rings. The van der Waals surface area contributed by atoms with Crippen molar-refractivity contribution < 1.29 is 9.53 Å². The van der Waals surface area contributed by atoms with Gasteiger partial charge in [-0.15, -0.1) is 0 Å². The molecule has 1 aliphatic heterocycles.